The van der Waals surface area contributed by atoms with E-state index < -0.39 is 27.1 Å². The summed E-state index contributed by atoms with van der Waals surface area (Å²) in [5.41, 5.74) is -0.546. The highest BCUT2D eigenvalue weighted by Crippen LogP contribution is 2.22. The molecule has 0 aliphatic heterocycles. The molecule has 10 heteroatoms. The average Bonchev–Trinajstić information content (AvgIpc) is 2.59. The maximum absolute atomic E-state index is 12.2. The summed E-state index contributed by atoms with van der Waals surface area (Å²) < 4.78 is 5.41. The van der Waals surface area contributed by atoms with Crippen LogP contribution in [0.1, 0.15) is 29.8 Å². The lowest BCUT2D eigenvalue weighted by atomic mass is 10.1. The molecule has 0 aliphatic carbocycles. The van der Waals surface area contributed by atoms with Crippen molar-refractivity contribution >= 4 is 17.3 Å². The third kappa shape index (κ3) is 4.97. The van der Waals surface area contributed by atoms with Gasteiger partial charge in [-0.1, -0.05) is 6.07 Å². The standard InChI is InChI=1S/C16H16N4O6/c1-10(2)26-15-4-3-11(8-17-15)9-18-16(21)12-5-13(19(22)23)7-14(6-12)20(24)25/h3-8,10H,9H2,1-2H3,(H,18,21). The number of pyridine rings is 1. The fourth-order valence-corrected chi connectivity index (χ4v) is 2.05. The van der Waals surface area contributed by atoms with E-state index in [1.165, 1.54) is 6.20 Å². The van der Waals surface area contributed by atoms with E-state index in [9.17, 15) is 25.0 Å². The number of amides is 1. The fraction of sp³-hybridized carbons (Fsp3) is 0.250. The Kier molecular flexibility index (Phi) is 5.78. The highest BCUT2D eigenvalue weighted by atomic mass is 16.6. The molecule has 136 valence electrons. The summed E-state index contributed by atoms with van der Waals surface area (Å²) in [6.45, 7) is 3.84. The molecule has 0 aliphatic rings. The summed E-state index contributed by atoms with van der Waals surface area (Å²) in [5, 5.41) is 24.3. The van der Waals surface area contributed by atoms with Gasteiger partial charge in [0.05, 0.1) is 27.6 Å². The number of non-ortho nitro benzene ring substituents is 2. The van der Waals surface area contributed by atoms with E-state index in [2.05, 4.69) is 10.3 Å². The Balaban J connectivity index is 2.10. The van der Waals surface area contributed by atoms with Crippen LogP contribution in [0.5, 0.6) is 5.88 Å². The molecule has 0 saturated heterocycles. The normalized spacial score (nSPS) is 10.4. The van der Waals surface area contributed by atoms with Crippen molar-refractivity contribution in [2.75, 3.05) is 0 Å². The van der Waals surface area contributed by atoms with Crippen LogP contribution < -0.4 is 10.1 Å². The van der Waals surface area contributed by atoms with Gasteiger partial charge in [-0.2, -0.15) is 0 Å². The molecule has 0 radical (unpaired) electrons. The average molecular weight is 360 g/mol. The van der Waals surface area contributed by atoms with Crippen molar-refractivity contribution in [2.45, 2.75) is 26.5 Å². The number of rotatable bonds is 7. The molecule has 0 atom stereocenters. The molecule has 0 unspecified atom stereocenters. The van der Waals surface area contributed by atoms with Crippen molar-refractivity contribution in [1.29, 1.82) is 0 Å². The molecule has 1 N–H and O–H groups in total. The van der Waals surface area contributed by atoms with Crippen molar-refractivity contribution in [1.82, 2.24) is 10.3 Å². The van der Waals surface area contributed by atoms with E-state index in [0.717, 1.165) is 18.2 Å². The topological polar surface area (TPSA) is 138 Å². The second kappa shape index (κ2) is 8.01. The number of nitrogens with zero attached hydrogens (tertiary/aromatic N) is 3. The van der Waals surface area contributed by atoms with Gasteiger partial charge in [0.25, 0.3) is 17.3 Å². The van der Waals surface area contributed by atoms with Gasteiger partial charge in [-0.25, -0.2) is 4.98 Å². The summed E-state index contributed by atoms with van der Waals surface area (Å²) in [7, 11) is 0. The van der Waals surface area contributed by atoms with E-state index in [0.29, 0.717) is 11.4 Å². The zero-order valence-electron chi connectivity index (χ0n) is 14.0. The molecule has 0 saturated carbocycles. The van der Waals surface area contributed by atoms with Crippen LogP contribution in [0.25, 0.3) is 0 Å². The van der Waals surface area contributed by atoms with Gasteiger partial charge in [0.15, 0.2) is 0 Å². The maximum Gasteiger partial charge on any atom is 0.277 e. The smallest absolute Gasteiger partial charge is 0.277 e. The first-order valence-electron chi connectivity index (χ1n) is 7.60. The fourth-order valence-electron chi connectivity index (χ4n) is 2.05. The maximum atomic E-state index is 12.2. The number of ether oxygens (including phenoxy) is 1. The number of hydrogen-bond donors (Lipinski definition) is 1. The number of aromatic nitrogens is 1. The Hall–Kier alpha value is -3.56. The number of nitrogens with one attached hydrogen (secondary N) is 1. The summed E-state index contributed by atoms with van der Waals surface area (Å²) in [6, 6.07) is 6.13. The summed E-state index contributed by atoms with van der Waals surface area (Å²) >= 11 is 0. The number of carbonyl (C=O) groups excluding carboxylic acids is 1. The van der Waals surface area contributed by atoms with Gasteiger partial charge in [-0.3, -0.25) is 25.0 Å². The third-order valence-corrected chi connectivity index (χ3v) is 3.19. The van der Waals surface area contributed by atoms with Crippen LogP contribution in [0.3, 0.4) is 0 Å². The molecular weight excluding hydrogens is 344 g/mol. The second-order valence-corrected chi connectivity index (χ2v) is 5.61. The van der Waals surface area contributed by atoms with Crippen molar-refractivity contribution in [3.63, 3.8) is 0 Å². The Labute approximate surface area is 148 Å². The predicted octanol–water partition coefficient (Wildman–Crippen LogP) is 2.62. The zero-order chi connectivity index (χ0) is 19.3. The van der Waals surface area contributed by atoms with Gasteiger partial charge in [0.2, 0.25) is 5.88 Å². The van der Waals surface area contributed by atoms with Gasteiger partial charge in [0.1, 0.15) is 0 Å². The van der Waals surface area contributed by atoms with Gasteiger partial charge in [-0.05, 0) is 19.4 Å². The third-order valence-electron chi connectivity index (χ3n) is 3.19. The molecule has 1 aromatic heterocycles. The first-order chi connectivity index (χ1) is 12.3. The van der Waals surface area contributed by atoms with Crippen molar-refractivity contribution < 1.29 is 19.4 Å². The monoisotopic (exact) mass is 360 g/mol. The van der Waals surface area contributed by atoms with Gasteiger partial charge in [-0.15, -0.1) is 0 Å². The molecule has 10 nitrogen and oxygen atoms in total. The predicted molar refractivity (Wildman–Crippen MR) is 90.9 cm³/mol. The van der Waals surface area contributed by atoms with E-state index in [-0.39, 0.29) is 18.2 Å². The minimum Gasteiger partial charge on any atom is -0.475 e. The van der Waals surface area contributed by atoms with Crippen LogP contribution in [0.15, 0.2) is 36.5 Å². The van der Waals surface area contributed by atoms with Crippen LogP contribution in [0.2, 0.25) is 0 Å². The van der Waals surface area contributed by atoms with E-state index >= 15 is 0 Å². The lowest BCUT2D eigenvalue weighted by Crippen LogP contribution is -2.23. The molecule has 2 aromatic rings. The van der Waals surface area contributed by atoms with Gasteiger partial charge in [0, 0.05) is 30.9 Å². The van der Waals surface area contributed by atoms with Crippen LogP contribution >= 0.6 is 0 Å². The van der Waals surface area contributed by atoms with E-state index in [4.69, 9.17) is 4.74 Å². The summed E-state index contributed by atoms with van der Waals surface area (Å²) in [6.07, 6.45) is 1.51. The zero-order valence-corrected chi connectivity index (χ0v) is 14.0. The van der Waals surface area contributed by atoms with Crippen LogP contribution in [-0.2, 0) is 6.54 Å². The Morgan fingerprint density at radius 2 is 1.77 bits per heavy atom. The molecule has 0 fully saturated rings. The van der Waals surface area contributed by atoms with Crippen molar-refractivity contribution in [2.24, 2.45) is 0 Å². The van der Waals surface area contributed by atoms with Crippen molar-refractivity contribution in [3.05, 3.63) is 67.9 Å². The quantitative estimate of drug-likeness (QED) is 0.591. The molecule has 1 heterocycles. The lowest BCUT2D eigenvalue weighted by molar-refractivity contribution is -0.394. The number of hydrogen-bond acceptors (Lipinski definition) is 7. The molecule has 1 aromatic carbocycles. The number of carbonyl (C=O) groups is 1. The summed E-state index contributed by atoms with van der Waals surface area (Å²) in [4.78, 5) is 36.4. The molecule has 1 amide bonds. The molecule has 0 bridgehead atoms. The lowest BCUT2D eigenvalue weighted by Gasteiger charge is -2.09. The van der Waals surface area contributed by atoms with Crippen LogP contribution in [-0.4, -0.2) is 26.8 Å². The first kappa shape index (κ1) is 18.8. The van der Waals surface area contributed by atoms with Crippen LogP contribution in [0.4, 0.5) is 11.4 Å². The van der Waals surface area contributed by atoms with E-state index in [1.807, 2.05) is 13.8 Å². The highest BCUT2D eigenvalue weighted by Gasteiger charge is 2.19. The minimum absolute atomic E-state index is 0.0160. The SMILES string of the molecule is CC(C)Oc1ccc(CNC(=O)c2cc([N+](=O)[O-])cc([N+](=O)[O-])c2)cn1. The van der Waals surface area contributed by atoms with Crippen molar-refractivity contribution in [3.8, 4) is 5.88 Å². The summed E-state index contributed by atoms with van der Waals surface area (Å²) in [5.74, 6) is -0.219. The molecule has 2 rings (SSSR count). The molecule has 26 heavy (non-hydrogen) atoms. The number of benzene rings is 1. The second-order valence-electron chi connectivity index (χ2n) is 5.61. The van der Waals surface area contributed by atoms with E-state index in [1.54, 1.807) is 12.1 Å². The first-order valence-corrected chi connectivity index (χ1v) is 7.60. The minimum atomic E-state index is -0.791. The van der Waals surface area contributed by atoms with Gasteiger partial charge < -0.3 is 10.1 Å². The Morgan fingerprint density at radius 1 is 1.15 bits per heavy atom. The van der Waals surface area contributed by atoms with Gasteiger partial charge >= 0.3 is 0 Å². The highest BCUT2D eigenvalue weighted by molar-refractivity contribution is 5.95. The van der Waals surface area contributed by atoms with Crippen LogP contribution in [0, 0.1) is 20.2 Å². The molecular formula is C16H16N4O6. The Morgan fingerprint density at radius 3 is 2.23 bits per heavy atom. The number of nitro benzene ring substituents is 2. The Bertz CT molecular complexity index is 803. The molecule has 0 spiro atoms. The number of nitro groups is 2. The largest absolute Gasteiger partial charge is 0.475 e.